The molecule has 7 nitrogen and oxygen atoms in total. The van der Waals surface area contributed by atoms with Crippen LogP contribution in [0.4, 0.5) is 5.69 Å². The van der Waals surface area contributed by atoms with Gasteiger partial charge in [0, 0.05) is 29.6 Å². The number of rotatable bonds is 7. The first-order valence-electron chi connectivity index (χ1n) is 11.0. The zero-order valence-corrected chi connectivity index (χ0v) is 19.3. The average Bonchev–Trinajstić information content (AvgIpc) is 3.32. The summed E-state index contributed by atoms with van der Waals surface area (Å²) < 4.78 is 6.95. The number of nitrogens with one attached hydrogen (secondary N) is 2. The Kier molecular flexibility index (Phi) is 6.73. The highest BCUT2D eigenvalue weighted by Crippen LogP contribution is 2.27. The van der Waals surface area contributed by atoms with Crippen LogP contribution < -0.4 is 15.4 Å². The van der Waals surface area contributed by atoms with E-state index in [9.17, 15) is 9.59 Å². The Balaban J connectivity index is 1.72. The Bertz CT molecular complexity index is 1310. The van der Waals surface area contributed by atoms with Crippen LogP contribution in [0.1, 0.15) is 33.2 Å². The van der Waals surface area contributed by atoms with Crippen molar-refractivity contribution in [2.24, 2.45) is 0 Å². The van der Waals surface area contributed by atoms with Crippen molar-refractivity contribution in [1.82, 2.24) is 15.1 Å². The van der Waals surface area contributed by atoms with E-state index in [1.807, 2.05) is 74.5 Å². The third-order valence-corrected chi connectivity index (χ3v) is 5.43. The molecule has 0 fully saturated rings. The van der Waals surface area contributed by atoms with Gasteiger partial charge in [0.05, 0.1) is 18.4 Å². The number of carbonyl (C=O) groups excluding carboxylic acids is 2. The van der Waals surface area contributed by atoms with Gasteiger partial charge in [-0.2, -0.15) is 5.10 Å². The van der Waals surface area contributed by atoms with Crippen molar-refractivity contribution in [2.45, 2.75) is 13.8 Å². The Morgan fingerprint density at radius 1 is 0.971 bits per heavy atom. The highest BCUT2D eigenvalue weighted by molar-refractivity contribution is 6.09. The minimum absolute atomic E-state index is 0.186. The minimum Gasteiger partial charge on any atom is -0.497 e. The third kappa shape index (κ3) is 4.83. The molecule has 4 rings (SSSR count). The van der Waals surface area contributed by atoms with Crippen LogP contribution in [0.2, 0.25) is 0 Å². The SMILES string of the molecule is CCNC(=O)c1ccc(C)c(NC(=O)c2cn(-c3ccccc3)nc2-c2ccc(OC)cc2)c1. The summed E-state index contributed by atoms with van der Waals surface area (Å²) in [6.45, 7) is 4.27. The molecule has 34 heavy (non-hydrogen) atoms. The van der Waals surface area contributed by atoms with Gasteiger partial charge in [-0.15, -0.1) is 0 Å². The number of benzene rings is 3. The quantitative estimate of drug-likeness (QED) is 0.418. The van der Waals surface area contributed by atoms with E-state index < -0.39 is 0 Å². The van der Waals surface area contributed by atoms with E-state index in [-0.39, 0.29) is 11.8 Å². The van der Waals surface area contributed by atoms with Crippen molar-refractivity contribution in [2.75, 3.05) is 19.0 Å². The third-order valence-electron chi connectivity index (χ3n) is 5.43. The van der Waals surface area contributed by atoms with Gasteiger partial charge >= 0.3 is 0 Å². The summed E-state index contributed by atoms with van der Waals surface area (Å²) in [6, 6.07) is 22.3. The lowest BCUT2D eigenvalue weighted by molar-refractivity contribution is 0.0954. The normalized spacial score (nSPS) is 10.6. The van der Waals surface area contributed by atoms with Crippen molar-refractivity contribution in [3.05, 3.63) is 95.7 Å². The van der Waals surface area contributed by atoms with E-state index in [0.29, 0.717) is 29.1 Å². The summed E-state index contributed by atoms with van der Waals surface area (Å²) in [5, 5.41) is 10.5. The molecule has 172 valence electrons. The van der Waals surface area contributed by atoms with Crippen molar-refractivity contribution < 1.29 is 14.3 Å². The summed E-state index contributed by atoms with van der Waals surface area (Å²) in [4.78, 5) is 25.7. The van der Waals surface area contributed by atoms with Crippen LogP contribution in [0.5, 0.6) is 5.75 Å². The Labute approximate surface area is 198 Å². The predicted molar refractivity (Wildman–Crippen MR) is 133 cm³/mol. The highest BCUT2D eigenvalue weighted by Gasteiger charge is 2.20. The highest BCUT2D eigenvalue weighted by atomic mass is 16.5. The summed E-state index contributed by atoms with van der Waals surface area (Å²) in [6.07, 6.45) is 1.72. The fourth-order valence-electron chi connectivity index (χ4n) is 3.57. The molecule has 0 radical (unpaired) electrons. The first kappa shape index (κ1) is 22.8. The maximum absolute atomic E-state index is 13.4. The lowest BCUT2D eigenvalue weighted by atomic mass is 10.1. The van der Waals surface area contributed by atoms with Crippen molar-refractivity contribution in [3.8, 4) is 22.7 Å². The molecule has 0 unspecified atom stereocenters. The van der Waals surface area contributed by atoms with Crippen LogP contribution in [0.3, 0.4) is 0 Å². The molecule has 1 aromatic heterocycles. The van der Waals surface area contributed by atoms with Crippen molar-refractivity contribution in [1.29, 1.82) is 0 Å². The number of aryl methyl sites for hydroxylation is 1. The number of para-hydroxylation sites is 1. The topological polar surface area (TPSA) is 85.3 Å². The second-order valence-corrected chi connectivity index (χ2v) is 7.74. The number of hydrogen-bond acceptors (Lipinski definition) is 4. The lowest BCUT2D eigenvalue weighted by Crippen LogP contribution is -2.23. The zero-order valence-electron chi connectivity index (χ0n) is 19.3. The summed E-state index contributed by atoms with van der Waals surface area (Å²) in [5.41, 5.74) is 4.49. The maximum Gasteiger partial charge on any atom is 0.259 e. The standard InChI is InChI=1S/C27H26N4O3/c1-4-28-26(32)20-11-10-18(2)24(16-20)29-27(33)23-17-31(21-8-6-5-7-9-21)30-25(23)19-12-14-22(34-3)15-13-19/h5-17H,4H2,1-3H3,(H,28,32)(H,29,33). The van der Waals surface area contributed by atoms with Gasteiger partial charge in [-0.3, -0.25) is 9.59 Å². The number of nitrogens with zero attached hydrogens (tertiary/aromatic N) is 2. The van der Waals surface area contributed by atoms with Crippen LogP contribution in [-0.2, 0) is 0 Å². The number of amides is 2. The van der Waals surface area contributed by atoms with E-state index in [2.05, 4.69) is 10.6 Å². The van der Waals surface area contributed by atoms with Gasteiger partial charge in [0.1, 0.15) is 11.4 Å². The smallest absolute Gasteiger partial charge is 0.259 e. The van der Waals surface area contributed by atoms with Gasteiger partial charge in [-0.25, -0.2) is 4.68 Å². The van der Waals surface area contributed by atoms with Gasteiger partial charge in [0.25, 0.3) is 11.8 Å². The molecule has 2 amide bonds. The molecule has 0 saturated heterocycles. The second kappa shape index (κ2) is 10.0. The molecular formula is C27H26N4O3. The molecule has 7 heteroatoms. The molecule has 3 aromatic carbocycles. The molecule has 1 heterocycles. The monoisotopic (exact) mass is 454 g/mol. The predicted octanol–water partition coefficient (Wildman–Crippen LogP) is 4.86. The lowest BCUT2D eigenvalue weighted by Gasteiger charge is -2.11. The first-order valence-corrected chi connectivity index (χ1v) is 11.0. The zero-order chi connectivity index (χ0) is 24.1. The molecule has 0 aliphatic heterocycles. The molecule has 0 saturated carbocycles. The summed E-state index contributed by atoms with van der Waals surface area (Å²) in [7, 11) is 1.61. The number of anilines is 1. The number of ether oxygens (including phenoxy) is 1. The van der Waals surface area contributed by atoms with Crippen LogP contribution in [0.25, 0.3) is 16.9 Å². The number of aromatic nitrogens is 2. The Morgan fingerprint density at radius 2 is 1.71 bits per heavy atom. The van der Waals surface area contributed by atoms with E-state index >= 15 is 0 Å². The van der Waals surface area contributed by atoms with Gasteiger partial charge in [0.2, 0.25) is 0 Å². The van der Waals surface area contributed by atoms with Crippen molar-refractivity contribution in [3.63, 3.8) is 0 Å². The average molecular weight is 455 g/mol. The first-order chi connectivity index (χ1) is 16.5. The van der Waals surface area contributed by atoms with E-state index in [0.717, 1.165) is 22.6 Å². The molecule has 2 N–H and O–H groups in total. The minimum atomic E-state index is -0.316. The molecule has 4 aromatic rings. The van der Waals surface area contributed by atoms with E-state index in [1.54, 1.807) is 30.1 Å². The molecule has 0 aliphatic rings. The van der Waals surface area contributed by atoms with E-state index in [4.69, 9.17) is 9.84 Å². The van der Waals surface area contributed by atoms with Gasteiger partial charge in [0.15, 0.2) is 0 Å². The Hall–Kier alpha value is -4.39. The molecule has 0 aliphatic carbocycles. The summed E-state index contributed by atoms with van der Waals surface area (Å²) in [5.74, 6) is 0.216. The second-order valence-electron chi connectivity index (χ2n) is 7.74. The number of methoxy groups -OCH3 is 1. The fourth-order valence-corrected chi connectivity index (χ4v) is 3.57. The van der Waals surface area contributed by atoms with Gasteiger partial charge in [-0.1, -0.05) is 24.3 Å². The van der Waals surface area contributed by atoms with E-state index in [1.165, 1.54) is 0 Å². The Morgan fingerprint density at radius 3 is 2.38 bits per heavy atom. The van der Waals surface area contributed by atoms with Crippen LogP contribution in [-0.4, -0.2) is 35.2 Å². The fraction of sp³-hybridized carbons (Fsp3) is 0.148. The largest absolute Gasteiger partial charge is 0.497 e. The summed E-state index contributed by atoms with van der Waals surface area (Å²) >= 11 is 0. The molecule has 0 atom stereocenters. The van der Waals surface area contributed by atoms with Crippen molar-refractivity contribution >= 4 is 17.5 Å². The molecule has 0 bridgehead atoms. The maximum atomic E-state index is 13.4. The number of carbonyl (C=O) groups is 2. The number of hydrogen-bond donors (Lipinski definition) is 2. The van der Waals surface area contributed by atoms with Crippen LogP contribution in [0.15, 0.2) is 79.0 Å². The van der Waals surface area contributed by atoms with Crippen LogP contribution >= 0.6 is 0 Å². The molecular weight excluding hydrogens is 428 g/mol. The molecule has 0 spiro atoms. The van der Waals surface area contributed by atoms with Gasteiger partial charge < -0.3 is 15.4 Å². The van der Waals surface area contributed by atoms with Gasteiger partial charge in [-0.05, 0) is 67.9 Å². The van der Waals surface area contributed by atoms with Crippen LogP contribution in [0, 0.1) is 6.92 Å².